The van der Waals surface area contributed by atoms with Crippen molar-refractivity contribution >= 4 is 11.9 Å². The van der Waals surface area contributed by atoms with Gasteiger partial charge in [-0.05, 0) is 63.3 Å². The summed E-state index contributed by atoms with van der Waals surface area (Å²) in [5.41, 5.74) is 2.00. The zero-order chi connectivity index (χ0) is 24.1. The van der Waals surface area contributed by atoms with Crippen LogP contribution in [0.25, 0.3) is 11.3 Å². The van der Waals surface area contributed by atoms with Crippen LogP contribution in [0.5, 0.6) is 0 Å². The van der Waals surface area contributed by atoms with Crippen molar-refractivity contribution in [3.05, 3.63) is 65.3 Å². The highest BCUT2D eigenvalue weighted by Gasteiger charge is 2.27. The zero-order valence-electron chi connectivity index (χ0n) is 20.3. The van der Waals surface area contributed by atoms with Crippen molar-refractivity contribution in [2.45, 2.75) is 52.0 Å². The van der Waals surface area contributed by atoms with Crippen LogP contribution in [-0.2, 0) is 4.74 Å². The largest absolute Gasteiger partial charge is 0.501 e. The minimum Gasteiger partial charge on any atom is -0.501 e. The molecule has 7 heteroatoms. The summed E-state index contributed by atoms with van der Waals surface area (Å²) in [6, 6.07) is 6.41. The Morgan fingerprint density at radius 3 is 2.68 bits per heavy atom. The second-order valence-corrected chi connectivity index (χ2v) is 9.12. The van der Waals surface area contributed by atoms with Crippen molar-refractivity contribution in [3.8, 4) is 11.3 Å². The molecule has 34 heavy (non-hydrogen) atoms. The molecule has 1 aromatic heterocycles. The molecule has 1 amide bonds. The average molecular weight is 465 g/mol. The highest BCUT2D eigenvalue weighted by Crippen LogP contribution is 2.29. The summed E-state index contributed by atoms with van der Waals surface area (Å²) in [6.45, 7) is 6.13. The molecular formula is C27H33FN4O2. The Morgan fingerprint density at radius 1 is 1.21 bits per heavy atom. The average Bonchev–Trinajstić information content (AvgIpc) is 2.87. The van der Waals surface area contributed by atoms with Crippen molar-refractivity contribution in [3.63, 3.8) is 0 Å². The molecule has 4 rings (SSSR count). The summed E-state index contributed by atoms with van der Waals surface area (Å²) >= 11 is 0. The Kier molecular flexibility index (Phi) is 7.60. The zero-order valence-corrected chi connectivity index (χ0v) is 20.3. The fraction of sp³-hybridized carbons (Fsp3) is 0.444. The van der Waals surface area contributed by atoms with Gasteiger partial charge in [-0.15, -0.1) is 0 Å². The van der Waals surface area contributed by atoms with E-state index >= 15 is 0 Å². The summed E-state index contributed by atoms with van der Waals surface area (Å²) < 4.78 is 20.3. The Labute approximate surface area is 201 Å². The van der Waals surface area contributed by atoms with Crippen molar-refractivity contribution in [1.82, 2.24) is 14.9 Å². The van der Waals surface area contributed by atoms with E-state index in [1.165, 1.54) is 12.5 Å². The van der Waals surface area contributed by atoms with Crippen LogP contribution in [0.1, 0.15) is 56.3 Å². The molecule has 180 valence electrons. The summed E-state index contributed by atoms with van der Waals surface area (Å²) in [5.74, 6) is 0.846. The number of hydrogen-bond donors (Lipinski definition) is 0. The van der Waals surface area contributed by atoms with Gasteiger partial charge in [0.05, 0.1) is 24.1 Å². The molecule has 0 saturated carbocycles. The first-order valence-corrected chi connectivity index (χ1v) is 12.1. The second-order valence-electron chi connectivity index (χ2n) is 9.12. The third-order valence-corrected chi connectivity index (χ3v) is 6.42. The molecule has 6 nitrogen and oxygen atoms in total. The van der Waals surface area contributed by atoms with E-state index in [1.54, 1.807) is 36.4 Å². The maximum atomic E-state index is 14.9. The number of anilines is 1. The van der Waals surface area contributed by atoms with E-state index in [0.717, 1.165) is 50.1 Å². The van der Waals surface area contributed by atoms with Gasteiger partial charge in [0, 0.05) is 43.9 Å². The number of aromatic nitrogens is 2. The van der Waals surface area contributed by atoms with Crippen molar-refractivity contribution in [1.29, 1.82) is 0 Å². The van der Waals surface area contributed by atoms with Gasteiger partial charge in [0.2, 0.25) is 5.95 Å². The number of ether oxygens (including phenoxy) is 1. The Balaban J connectivity index is 1.72. The lowest BCUT2D eigenvalue weighted by Gasteiger charge is -2.30. The van der Waals surface area contributed by atoms with E-state index in [1.807, 2.05) is 19.9 Å². The molecule has 0 atom stereocenters. The number of benzene rings is 1. The van der Waals surface area contributed by atoms with Gasteiger partial charge in [-0.25, -0.2) is 14.4 Å². The third-order valence-electron chi connectivity index (χ3n) is 6.42. The minimum atomic E-state index is -0.404. The van der Waals surface area contributed by atoms with Crippen molar-refractivity contribution in [2.24, 2.45) is 0 Å². The van der Waals surface area contributed by atoms with Gasteiger partial charge >= 0.3 is 0 Å². The number of rotatable bonds is 7. The molecule has 2 heterocycles. The molecule has 1 aliphatic carbocycles. The molecule has 0 N–H and O–H groups in total. The van der Waals surface area contributed by atoms with Gasteiger partial charge in [-0.1, -0.05) is 18.2 Å². The topological polar surface area (TPSA) is 58.6 Å². The fourth-order valence-electron chi connectivity index (χ4n) is 4.48. The predicted octanol–water partition coefficient (Wildman–Crippen LogP) is 5.37. The molecular weight excluding hydrogens is 431 g/mol. The number of nitrogens with zero attached hydrogens (tertiary/aromatic N) is 4. The van der Waals surface area contributed by atoms with E-state index in [9.17, 15) is 9.18 Å². The highest BCUT2D eigenvalue weighted by molar-refractivity contribution is 6.00. The lowest BCUT2D eigenvalue weighted by molar-refractivity contribution is 0.0724. The van der Waals surface area contributed by atoms with Crippen LogP contribution in [0, 0.1) is 5.82 Å². The van der Waals surface area contributed by atoms with Crippen LogP contribution in [0.15, 0.2) is 53.9 Å². The van der Waals surface area contributed by atoms with Gasteiger partial charge in [0.1, 0.15) is 5.82 Å². The van der Waals surface area contributed by atoms with Crippen LogP contribution >= 0.6 is 0 Å². The number of hydrogen-bond acceptors (Lipinski definition) is 5. The molecule has 1 aliphatic heterocycles. The smallest absolute Gasteiger partial charge is 0.258 e. The molecule has 0 unspecified atom stereocenters. The van der Waals surface area contributed by atoms with Crippen LogP contribution in [0.4, 0.5) is 10.3 Å². The summed E-state index contributed by atoms with van der Waals surface area (Å²) in [7, 11) is 1.67. The van der Waals surface area contributed by atoms with Gasteiger partial charge in [-0.3, -0.25) is 4.79 Å². The van der Waals surface area contributed by atoms with Crippen molar-refractivity contribution in [2.75, 3.05) is 31.6 Å². The second kappa shape index (κ2) is 10.8. The summed E-state index contributed by atoms with van der Waals surface area (Å²) in [5, 5.41) is 0. The minimum absolute atomic E-state index is 0.0648. The number of methoxy groups -OCH3 is 1. The van der Waals surface area contributed by atoms with Gasteiger partial charge in [0.15, 0.2) is 0 Å². The number of allylic oxidation sites excluding steroid dienone is 2. The first-order chi connectivity index (χ1) is 16.5. The van der Waals surface area contributed by atoms with Crippen molar-refractivity contribution < 1.29 is 13.9 Å². The third kappa shape index (κ3) is 5.29. The van der Waals surface area contributed by atoms with Crippen LogP contribution in [0.3, 0.4) is 0 Å². The number of carbonyl (C=O) groups excluding carboxylic acids is 1. The number of amides is 1. The van der Waals surface area contributed by atoms with Crippen LogP contribution in [-0.4, -0.2) is 53.6 Å². The molecule has 1 aromatic carbocycles. The Bertz CT molecular complexity index is 1090. The SMILES string of the molecule is COC1=CC(CN(C(=O)c2cnc(N3CCCCC3)nc2-c2ccccc2F)C(C)C)=CCC1. The van der Waals surface area contributed by atoms with E-state index in [2.05, 4.69) is 16.0 Å². The number of halogens is 1. The van der Waals surface area contributed by atoms with Gasteiger partial charge < -0.3 is 14.5 Å². The monoisotopic (exact) mass is 464 g/mol. The lowest BCUT2D eigenvalue weighted by atomic mass is 10.0. The molecule has 1 saturated heterocycles. The quantitative estimate of drug-likeness (QED) is 0.551. The lowest BCUT2D eigenvalue weighted by Crippen LogP contribution is -2.39. The molecule has 0 bridgehead atoms. The van der Waals surface area contributed by atoms with Gasteiger partial charge in [-0.2, -0.15) is 0 Å². The number of carbonyl (C=O) groups is 1. The summed E-state index contributed by atoms with van der Waals surface area (Å²) in [4.78, 5) is 27.0. The first-order valence-electron chi connectivity index (χ1n) is 12.1. The molecule has 0 radical (unpaired) electrons. The first kappa shape index (κ1) is 23.9. The van der Waals surface area contributed by atoms with Crippen LogP contribution < -0.4 is 4.90 Å². The van der Waals surface area contributed by atoms with Crippen LogP contribution in [0.2, 0.25) is 0 Å². The maximum absolute atomic E-state index is 14.9. The fourth-order valence-corrected chi connectivity index (χ4v) is 4.48. The molecule has 2 aliphatic rings. The van der Waals surface area contributed by atoms with E-state index in [0.29, 0.717) is 29.3 Å². The number of piperidine rings is 1. The van der Waals surface area contributed by atoms with E-state index in [4.69, 9.17) is 9.72 Å². The Hall–Kier alpha value is -3.22. The maximum Gasteiger partial charge on any atom is 0.258 e. The standard InChI is InChI=1S/C27H33FN4O2/c1-19(2)32(18-20-10-9-11-21(16-20)34-3)26(33)23-17-29-27(31-14-7-4-8-15-31)30-25(23)22-12-5-6-13-24(22)28/h5-6,10,12-13,16-17,19H,4,7-9,11,14-15,18H2,1-3H3. The molecule has 0 spiro atoms. The predicted molar refractivity (Wildman–Crippen MR) is 132 cm³/mol. The van der Waals surface area contributed by atoms with E-state index < -0.39 is 5.82 Å². The molecule has 1 fully saturated rings. The highest BCUT2D eigenvalue weighted by atomic mass is 19.1. The summed E-state index contributed by atoms with van der Waals surface area (Å²) in [6.07, 6.45) is 10.8. The van der Waals surface area contributed by atoms with E-state index in [-0.39, 0.29) is 11.9 Å². The Morgan fingerprint density at radius 2 is 1.97 bits per heavy atom. The normalized spacial score (nSPS) is 16.2. The van der Waals surface area contributed by atoms with Gasteiger partial charge in [0.25, 0.3) is 5.91 Å². The molecule has 2 aromatic rings.